The number of alkyl halides is 3. The van der Waals surface area contributed by atoms with E-state index in [4.69, 9.17) is 11.6 Å². The van der Waals surface area contributed by atoms with Gasteiger partial charge in [-0.05, 0) is 24.6 Å². The molecule has 0 fully saturated rings. The lowest BCUT2D eigenvalue weighted by molar-refractivity contribution is -0.137. The number of nitrogens with zero attached hydrogens (tertiary/aromatic N) is 3. The highest BCUT2D eigenvalue weighted by Gasteiger charge is 2.32. The standard InChI is InChI=1S/C16H12ClF3N4O/c1-9(10-5-3-2-4-6-10)21-15(25)24-13-8-11(16(18,19)20)7-12(17)14(13)22-23-24/h2-9H,1H3,(H,21,25). The second kappa shape index (κ2) is 6.36. The van der Waals surface area contributed by atoms with E-state index < -0.39 is 17.8 Å². The summed E-state index contributed by atoms with van der Waals surface area (Å²) in [5.74, 6) is 0. The Bertz CT molecular complexity index is 924. The smallest absolute Gasteiger partial charge is 0.330 e. The molecule has 130 valence electrons. The Morgan fingerprint density at radius 1 is 1.24 bits per heavy atom. The van der Waals surface area contributed by atoms with E-state index in [1.54, 1.807) is 6.92 Å². The summed E-state index contributed by atoms with van der Waals surface area (Å²) in [5, 5.41) is 9.77. The molecule has 1 aromatic heterocycles. The van der Waals surface area contributed by atoms with Crippen molar-refractivity contribution in [1.82, 2.24) is 20.3 Å². The van der Waals surface area contributed by atoms with Gasteiger partial charge in [0.25, 0.3) is 0 Å². The lowest BCUT2D eigenvalue weighted by atomic mass is 10.1. The summed E-state index contributed by atoms with van der Waals surface area (Å²) in [6, 6.07) is 9.61. The van der Waals surface area contributed by atoms with Crippen LogP contribution in [0, 0.1) is 0 Å². The first kappa shape index (κ1) is 17.2. The fourth-order valence-electron chi connectivity index (χ4n) is 2.37. The van der Waals surface area contributed by atoms with Crippen molar-refractivity contribution in [3.8, 4) is 0 Å². The van der Waals surface area contributed by atoms with E-state index >= 15 is 0 Å². The maximum absolute atomic E-state index is 13.0. The van der Waals surface area contributed by atoms with Gasteiger partial charge in [-0.2, -0.15) is 17.9 Å². The van der Waals surface area contributed by atoms with E-state index in [0.29, 0.717) is 0 Å². The second-order valence-electron chi connectivity index (χ2n) is 5.41. The predicted molar refractivity (Wildman–Crippen MR) is 86.3 cm³/mol. The van der Waals surface area contributed by atoms with E-state index in [1.807, 2.05) is 30.3 Å². The molecule has 0 spiro atoms. The number of nitrogens with one attached hydrogen (secondary N) is 1. The van der Waals surface area contributed by atoms with Gasteiger partial charge in [0.15, 0.2) is 0 Å². The summed E-state index contributed by atoms with van der Waals surface area (Å²) in [6.45, 7) is 1.75. The number of halogens is 4. The van der Waals surface area contributed by atoms with Crippen LogP contribution in [-0.4, -0.2) is 21.0 Å². The minimum atomic E-state index is -4.60. The van der Waals surface area contributed by atoms with Crippen molar-refractivity contribution in [3.05, 3.63) is 58.6 Å². The summed E-state index contributed by atoms with van der Waals surface area (Å²) >= 11 is 5.84. The maximum Gasteiger partial charge on any atom is 0.416 e. The van der Waals surface area contributed by atoms with E-state index in [2.05, 4.69) is 15.6 Å². The number of aromatic nitrogens is 3. The molecule has 9 heteroatoms. The topological polar surface area (TPSA) is 59.8 Å². The van der Waals surface area contributed by atoms with Crippen LogP contribution in [0.2, 0.25) is 5.02 Å². The van der Waals surface area contributed by atoms with Crippen molar-refractivity contribution in [3.63, 3.8) is 0 Å². The number of amides is 1. The molecule has 1 unspecified atom stereocenters. The highest BCUT2D eigenvalue weighted by atomic mass is 35.5. The van der Waals surface area contributed by atoms with Crippen molar-refractivity contribution >= 4 is 28.7 Å². The predicted octanol–water partition coefficient (Wildman–Crippen LogP) is 4.42. The average molecular weight is 369 g/mol. The zero-order valence-electron chi connectivity index (χ0n) is 12.9. The van der Waals surface area contributed by atoms with Gasteiger partial charge < -0.3 is 5.32 Å². The SMILES string of the molecule is CC(NC(=O)n1nnc2c(Cl)cc(C(F)(F)F)cc21)c1ccccc1. The minimum absolute atomic E-state index is 0.0252. The van der Waals surface area contributed by atoms with Crippen LogP contribution >= 0.6 is 11.6 Å². The fourth-order valence-corrected chi connectivity index (χ4v) is 2.62. The molecule has 1 N–H and O–H groups in total. The van der Waals surface area contributed by atoms with E-state index in [1.165, 1.54) is 0 Å². The van der Waals surface area contributed by atoms with Crippen LogP contribution in [0.5, 0.6) is 0 Å². The molecule has 0 saturated heterocycles. The van der Waals surface area contributed by atoms with Gasteiger partial charge in [0.05, 0.1) is 16.6 Å². The highest BCUT2D eigenvalue weighted by molar-refractivity contribution is 6.35. The third kappa shape index (κ3) is 3.43. The molecule has 0 aliphatic rings. The van der Waals surface area contributed by atoms with Gasteiger partial charge in [0, 0.05) is 0 Å². The third-order valence-corrected chi connectivity index (χ3v) is 3.95. The molecule has 0 aliphatic carbocycles. The molecule has 0 radical (unpaired) electrons. The summed E-state index contributed by atoms with van der Waals surface area (Å²) < 4.78 is 39.6. The van der Waals surface area contributed by atoms with Gasteiger partial charge >= 0.3 is 12.2 Å². The number of rotatable bonds is 2. The molecule has 3 aromatic rings. The molecule has 2 aromatic carbocycles. The molecule has 25 heavy (non-hydrogen) atoms. The van der Waals surface area contributed by atoms with Crippen LogP contribution in [0.3, 0.4) is 0 Å². The molecule has 3 rings (SSSR count). The minimum Gasteiger partial charge on any atom is -0.330 e. The molecular weight excluding hydrogens is 357 g/mol. The van der Waals surface area contributed by atoms with Crippen LogP contribution in [0.25, 0.3) is 11.0 Å². The molecule has 0 bridgehead atoms. The van der Waals surface area contributed by atoms with Gasteiger partial charge in [0.1, 0.15) is 11.0 Å². The number of benzene rings is 2. The van der Waals surface area contributed by atoms with Crippen molar-refractivity contribution < 1.29 is 18.0 Å². The molecule has 1 amide bonds. The number of hydrogen-bond donors (Lipinski definition) is 1. The lowest BCUT2D eigenvalue weighted by Gasteiger charge is -2.14. The molecule has 1 heterocycles. The average Bonchev–Trinajstić information content (AvgIpc) is 2.99. The van der Waals surface area contributed by atoms with Gasteiger partial charge in [-0.25, -0.2) is 4.79 Å². The van der Waals surface area contributed by atoms with Crippen molar-refractivity contribution in [2.24, 2.45) is 0 Å². The van der Waals surface area contributed by atoms with Gasteiger partial charge in [-0.3, -0.25) is 0 Å². The quantitative estimate of drug-likeness (QED) is 0.728. The van der Waals surface area contributed by atoms with Crippen molar-refractivity contribution in [2.75, 3.05) is 0 Å². The van der Waals surface area contributed by atoms with Crippen LogP contribution in [0.15, 0.2) is 42.5 Å². The van der Waals surface area contributed by atoms with Crippen molar-refractivity contribution in [2.45, 2.75) is 19.1 Å². The van der Waals surface area contributed by atoms with Crippen LogP contribution in [0.4, 0.5) is 18.0 Å². The maximum atomic E-state index is 13.0. The summed E-state index contributed by atoms with van der Waals surface area (Å²) in [7, 11) is 0. The Morgan fingerprint density at radius 3 is 2.56 bits per heavy atom. The zero-order chi connectivity index (χ0) is 18.2. The van der Waals surface area contributed by atoms with E-state index in [0.717, 1.165) is 22.4 Å². The number of carbonyl (C=O) groups excluding carboxylic acids is 1. The normalized spacial score (nSPS) is 13.0. The Kier molecular flexibility index (Phi) is 4.38. The van der Waals surface area contributed by atoms with Crippen molar-refractivity contribution in [1.29, 1.82) is 0 Å². The first-order valence-corrected chi connectivity index (χ1v) is 7.63. The first-order chi connectivity index (χ1) is 11.8. The summed E-state index contributed by atoms with van der Waals surface area (Å²) in [6.07, 6.45) is -4.60. The first-order valence-electron chi connectivity index (χ1n) is 7.25. The van der Waals surface area contributed by atoms with Crippen LogP contribution in [-0.2, 0) is 6.18 Å². The Labute approximate surface area is 145 Å². The molecule has 0 saturated carbocycles. The number of carbonyl (C=O) groups is 1. The number of hydrogen-bond acceptors (Lipinski definition) is 3. The molecular formula is C16H12ClF3N4O. The van der Waals surface area contributed by atoms with Gasteiger partial charge in [0.2, 0.25) is 0 Å². The third-order valence-electron chi connectivity index (χ3n) is 3.66. The summed E-state index contributed by atoms with van der Waals surface area (Å²) in [5.41, 5.74) is -0.221. The molecule has 1 atom stereocenters. The van der Waals surface area contributed by atoms with Gasteiger partial charge in [-0.15, -0.1) is 5.10 Å². The highest BCUT2D eigenvalue weighted by Crippen LogP contribution is 2.34. The second-order valence-corrected chi connectivity index (χ2v) is 5.81. The number of fused-ring (bicyclic) bond motifs is 1. The Balaban J connectivity index is 1.95. The Morgan fingerprint density at radius 2 is 1.92 bits per heavy atom. The largest absolute Gasteiger partial charge is 0.416 e. The molecule has 0 aliphatic heterocycles. The molecule has 5 nitrogen and oxygen atoms in total. The van der Waals surface area contributed by atoms with Crippen LogP contribution in [0.1, 0.15) is 24.1 Å². The van der Waals surface area contributed by atoms with Gasteiger partial charge in [-0.1, -0.05) is 47.1 Å². The fraction of sp³-hybridized carbons (Fsp3) is 0.188. The van der Waals surface area contributed by atoms with E-state index in [9.17, 15) is 18.0 Å². The van der Waals surface area contributed by atoms with Crippen LogP contribution < -0.4 is 5.32 Å². The monoisotopic (exact) mass is 368 g/mol. The summed E-state index contributed by atoms with van der Waals surface area (Å²) in [4.78, 5) is 12.4. The Hall–Kier alpha value is -2.61. The lowest BCUT2D eigenvalue weighted by Crippen LogP contribution is -2.31. The zero-order valence-corrected chi connectivity index (χ0v) is 13.6. The van der Waals surface area contributed by atoms with E-state index in [-0.39, 0.29) is 22.1 Å².